The highest BCUT2D eigenvalue weighted by atomic mass is 32.2. The van der Waals surface area contributed by atoms with Crippen molar-refractivity contribution in [1.82, 2.24) is 4.72 Å². The van der Waals surface area contributed by atoms with Gasteiger partial charge < -0.3 is 4.74 Å². The summed E-state index contributed by atoms with van der Waals surface area (Å²) in [7, 11) is -2.83. The summed E-state index contributed by atoms with van der Waals surface area (Å²) in [5, 5.41) is 10.9. The van der Waals surface area contributed by atoms with Gasteiger partial charge in [-0.3, -0.25) is 10.1 Å². The second kappa shape index (κ2) is 6.92. The van der Waals surface area contributed by atoms with Crippen LogP contribution >= 0.6 is 0 Å². The van der Waals surface area contributed by atoms with Crippen molar-refractivity contribution in [2.75, 3.05) is 13.7 Å². The third-order valence-electron chi connectivity index (χ3n) is 2.88. The molecule has 0 heterocycles. The Morgan fingerprint density at radius 3 is 2.52 bits per heavy atom. The summed E-state index contributed by atoms with van der Waals surface area (Å²) in [5.41, 5.74) is -1.06. The number of hydrogen-bond donors (Lipinski definition) is 1. The van der Waals surface area contributed by atoms with E-state index in [2.05, 4.69) is 4.72 Å². The molecule has 0 bridgehead atoms. The van der Waals surface area contributed by atoms with Crippen molar-refractivity contribution >= 4 is 15.7 Å². The third kappa shape index (κ3) is 4.19. The summed E-state index contributed by atoms with van der Waals surface area (Å²) >= 11 is 0. The second-order valence-corrected chi connectivity index (χ2v) is 6.45. The fourth-order valence-electron chi connectivity index (χ4n) is 1.69. The van der Waals surface area contributed by atoms with Crippen LogP contribution in [0.4, 0.5) is 10.1 Å². The van der Waals surface area contributed by atoms with Gasteiger partial charge in [0.1, 0.15) is 0 Å². The number of nitrogens with zero attached hydrogens (tertiary/aromatic N) is 1. The first-order valence-corrected chi connectivity index (χ1v) is 7.63. The van der Waals surface area contributed by atoms with E-state index in [0.717, 1.165) is 18.2 Å². The molecule has 0 aliphatic carbocycles. The monoisotopic (exact) mass is 320 g/mol. The Morgan fingerprint density at radius 2 is 2.05 bits per heavy atom. The van der Waals surface area contributed by atoms with Gasteiger partial charge in [-0.25, -0.2) is 13.1 Å². The molecule has 7 nitrogen and oxygen atoms in total. The molecule has 0 spiro atoms. The number of rotatable bonds is 7. The SMILES string of the molecule is COCC(NS(=O)(=O)c1cccc(F)c1[N+](=O)[O-])C(C)C. The van der Waals surface area contributed by atoms with Crippen molar-refractivity contribution < 1.29 is 22.5 Å². The molecule has 118 valence electrons. The van der Waals surface area contributed by atoms with Crippen LogP contribution in [0.5, 0.6) is 0 Å². The molecular weight excluding hydrogens is 303 g/mol. The molecule has 0 aliphatic heterocycles. The zero-order valence-electron chi connectivity index (χ0n) is 11.9. The van der Waals surface area contributed by atoms with Crippen LogP contribution in [0, 0.1) is 21.8 Å². The first kappa shape index (κ1) is 17.5. The number of hydrogen-bond acceptors (Lipinski definition) is 5. The highest BCUT2D eigenvalue weighted by Gasteiger charge is 2.31. The largest absolute Gasteiger partial charge is 0.383 e. The van der Waals surface area contributed by atoms with Crippen molar-refractivity contribution in [2.24, 2.45) is 5.92 Å². The number of halogens is 1. The number of ether oxygens (including phenoxy) is 1. The fourth-order valence-corrected chi connectivity index (χ4v) is 3.24. The number of sulfonamides is 1. The smallest absolute Gasteiger partial charge is 0.324 e. The van der Waals surface area contributed by atoms with E-state index in [9.17, 15) is 22.9 Å². The predicted molar refractivity (Wildman–Crippen MR) is 73.9 cm³/mol. The van der Waals surface area contributed by atoms with Gasteiger partial charge in [-0.1, -0.05) is 19.9 Å². The minimum absolute atomic E-state index is 0.0972. The number of methoxy groups -OCH3 is 1. The van der Waals surface area contributed by atoms with E-state index < -0.39 is 37.4 Å². The molecule has 0 radical (unpaired) electrons. The van der Waals surface area contributed by atoms with Gasteiger partial charge in [0.15, 0.2) is 4.90 Å². The first-order valence-electron chi connectivity index (χ1n) is 6.15. The Balaban J connectivity index is 3.25. The van der Waals surface area contributed by atoms with E-state index in [0.29, 0.717) is 0 Å². The molecule has 1 unspecified atom stereocenters. The minimum atomic E-state index is -4.24. The standard InChI is InChI=1S/C12H17FN2O5S/c1-8(2)10(7-20-3)14-21(18,19)11-6-4-5-9(13)12(11)15(16)17/h4-6,8,10,14H,7H2,1-3H3. The number of nitro groups is 1. The predicted octanol–water partition coefficient (Wildman–Crippen LogP) is 1.68. The van der Waals surface area contributed by atoms with Gasteiger partial charge >= 0.3 is 5.69 Å². The summed E-state index contributed by atoms with van der Waals surface area (Å²) in [5.74, 6) is -1.30. The third-order valence-corrected chi connectivity index (χ3v) is 4.40. The maximum atomic E-state index is 13.5. The minimum Gasteiger partial charge on any atom is -0.383 e. The van der Waals surface area contributed by atoms with E-state index in [-0.39, 0.29) is 12.5 Å². The summed E-state index contributed by atoms with van der Waals surface area (Å²) in [6.45, 7) is 3.64. The lowest BCUT2D eigenvalue weighted by Gasteiger charge is -2.21. The normalized spacial score (nSPS) is 13.4. The van der Waals surface area contributed by atoms with Gasteiger partial charge in [0, 0.05) is 13.2 Å². The van der Waals surface area contributed by atoms with Crippen LogP contribution in [0.15, 0.2) is 23.1 Å². The van der Waals surface area contributed by atoms with Crippen LogP contribution in [0.1, 0.15) is 13.8 Å². The average molecular weight is 320 g/mol. The molecule has 21 heavy (non-hydrogen) atoms. The van der Waals surface area contributed by atoms with E-state index >= 15 is 0 Å². The highest BCUT2D eigenvalue weighted by Crippen LogP contribution is 2.27. The van der Waals surface area contributed by atoms with Crippen LogP contribution in [-0.2, 0) is 14.8 Å². The summed E-state index contributed by atoms with van der Waals surface area (Å²) < 4.78 is 45.3. The van der Waals surface area contributed by atoms with Crippen molar-refractivity contribution in [3.63, 3.8) is 0 Å². The number of nitrogens with one attached hydrogen (secondary N) is 1. The second-order valence-electron chi connectivity index (χ2n) is 4.77. The van der Waals surface area contributed by atoms with Gasteiger partial charge in [-0.15, -0.1) is 0 Å². The molecule has 9 heteroatoms. The van der Waals surface area contributed by atoms with Gasteiger partial charge in [0.05, 0.1) is 11.5 Å². The molecule has 1 atom stereocenters. The molecule has 0 aliphatic rings. The molecule has 0 saturated heterocycles. The van der Waals surface area contributed by atoms with Crippen molar-refractivity contribution in [2.45, 2.75) is 24.8 Å². The Labute approximate surface area is 122 Å². The fraction of sp³-hybridized carbons (Fsp3) is 0.500. The van der Waals surface area contributed by atoms with E-state index in [1.807, 2.05) is 0 Å². The summed E-state index contributed by atoms with van der Waals surface area (Å²) in [6, 6.07) is 2.36. The number of nitro benzene ring substituents is 1. The van der Waals surface area contributed by atoms with E-state index in [4.69, 9.17) is 4.74 Å². The Hall–Kier alpha value is -1.58. The Morgan fingerprint density at radius 1 is 1.43 bits per heavy atom. The summed E-state index contributed by atoms with van der Waals surface area (Å²) in [4.78, 5) is 9.13. The van der Waals surface area contributed by atoms with E-state index in [1.165, 1.54) is 7.11 Å². The van der Waals surface area contributed by atoms with Crippen LogP contribution in [-0.4, -0.2) is 33.1 Å². The summed E-state index contributed by atoms with van der Waals surface area (Å²) in [6.07, 6.45) is 0. The molecule has 1 rings (SSSR count). The average Bonchev–Trinajstić information content (AvgIpc) is 2.37. The molecular formula is C12H17FN2O5S. The first-order chi connectivity index (χ1) is 9.70. The van der Waals surface area contributed by atoms with E-state index in [1.54, 1.807) is 13.8 Å². The van der Waals surface area contributed by atoms with Crippen LogP contribution < -0.4 is 4.72 Å². The van der Waals surface area contributed by atoms with Crippen molar-refractivity contribution in [3.05, 3.63) is 34.1 Å². The maximum Gasteiger partial charge on any atom is 0.324 e. The topological polar surface area (TPSA) is 98.5 Å². The van der Waals surface area contributed by atoms with Gasteiger partial charge in [-0.2, -0.15) is 4.39 Å². The zero-order valence-corrected chi connectivity index (χ0v) is 12.7. The molecule has 0 saturated carbocycles. The van der Waals surface area contributed by atoms with Crippen LogP contribution in [0.3, 0.4) is 0 Å². The lowest BCUT2D eigenvalue weighted by molar-refractivity contribution is -0.390. The highest BCUT2D eigenvalue weighted by molar-refractivity contribution is 7.89. The lowest BCUT2D eigenvalue weighted by atomic mass is 10.1. The van der Waals surface area contributed by atoms with Gasteiger partial charge in [0.2, 0.25) is 15.8 Å². The molecule has 1 aromatic rings. The van der Waals surface area contributed by atoms with Crippen LogP contribution in [0.2, 0.25) is 0 Å². The molecule has 0 aromatic heterocycles. The van der Waals surface area contributed by atoms with Gasteiger partial charge in [0.25, 0.3) is 0 Å². The zero-order chi connectivity index (χ0) is 16.2. The molecule has 0 amide bonds. The molecule has 0 fully saturated rings. The quantitative estimate of drug-likeness (QED) is 0.609. The van der Waals surface area contributed by atoms with Crippen molar-refractivity contribution in [1.29, 1.82) is 0 Å². The Kier molecular flexibility index (Phi) is 5.76. The van der Waals surface area contributed by atoms with Crippen molar-refractivity contribution in [3.8, 4) is 0 Å². The van der Waals surface area contributed by atoms with Crippen LogP contribution in [0.25, 0.3) is 0 Å². The van der Waals surface area contributed by atoms with Gasteiger partial charge in [-0.05, 0) is 18.1 Å². The molecule has 1 aromatic carbocycles. The Bertz CT molecular complexity index is 618. The maximum absolute atomic E-state index is 13.5. The lowest BCUT2D eigenvalue weighted by Crippen LogP contribution is -2.41. The number of benzene rings is 1. The number of para-hydroxylation sites is 1. The molecule has 1 N–H and O–H groups in total.